The first kappa shape index (κ1) is 9.25. The van der Waals surface area contributed by atoms with Crippen molar-refractivity contribution in [2.24, 2.45) is 11.7 Å². The maximum absolute atomic E-state index is 10.7. The fourth-order valence-electron chi connectivity index (χ4n) is 0.809. The van der Waals surface area contributed by atoms with Crippen LogP contribution in [-0.2, 0) is 11.3 Å². The van der Waals surface area contributed by atoms with Gasteiger partial charge in [0.25, 0.3) is 0 Å². The average molecular weight is 232 g/mol. The zero-order chi connectivity index (χ0) is 9.14. The van der Waals surface area contributed by atoms with Gasteiger partial charge < -0.3 is 5.73 Å². The Balaban J connectivity index is 2.58. The Morgan fingerprint density at radius 1 is 1.92 bits per heavy atom. The number of halogens is 1. The molecule has 0 saturated heterocycles. The number of nitrogens with zero attached hydrogens (tertiary/aromatic N) is 2. The first-order valence-electron chi connectivity index (χ1n) is 3.58. The molecule has 0 fully saturated rings. The fraction of sp³-hybridized carbons (Fsp3) is 0.429. The molecule has 66 valence electrons. The van der Waals surface area contributed by atoms with E-state index in [0.717, 1.165) is 4.60 Å². The molecule has 4 nitrogen and oxygen atoms in total. The molecule has 0 aliphatic heterocycles. The molecule has 0 aliphatic rings. The van der Waals surface area contributed by atoms with Gasteiger partial charge in [-0.25, -0.2) is 0 Å². The van der Waals surface area contributed by atoms with Crippen LogP contribution in [0.2, 0.25) is 0 Å². The summed E-state index contributed by atoms with van der Waals surface area (Å²) in [5.74, 6) is -0.488. The molecule has 1 unspecified atom stereocenters. The number of carbonyl (C=O) groups excluding carboxylic acids is 1. The van der Waals surface area contributed by atoms with Crippen LogP contribution in [0.4, 0.5) is 0 Å². The second-order valence-corrected chi connectivity index (χ2v) is 3.48. The van der Waals surface area contributed by atoms with Crippen LogP contribution in [0.3, 0.4) is 0 Å². The fourth-order valence-corrected chi connectivity index (χ4v) is 1.13. The van der Waals surface area contributed by atoms with Crippen molar-refractivity contribution in [3.63, 3.8) is 0 Å². The van der Waals surface area contributed by atoms with Gasteiger partial charge in [-0.3, -0.25) is 9.48 Å². The van der Waals surface area contributed by atoms with Crippen LogP contribution in [0, 0.1) is 5.92 Å². The summed E-state index contributed by atoms with van der Waals surface area (Å²) < 4.78 is 2.44. The molecular weight excluding hydrogens is 222 g/mol. The van der Waals surface area contributed by atoms with Crippen LogP contribution >= 0.6 is 15.9 Å². The molecule has 12 heavy (non-hydrogen) atoms. The first-order chi connectivity index (χ1) is 5.59. The third-order valence-corrected chi connectivity index (χ3v) is 1.98. The highest BCUT2D eigenvalue weighted by molar-refractivity contribution is 9.10. The van der Waals surface area contributed by atoms with Gasteiger partial charge in [0.05, 0.1) is 12.5 Å². The molecule has 5 heteroatoms. The van der Waals surface area contributed by atoms with Gasteiger partial charge in [0.15, 0.2) is 0 Å². The van der Waals surface area contributed by atoms with Gasteiger partial charge in [-0.05, 0) is 22.0 Å². The number of nitrogens with two attached hydrogens (primary N) is 1. The number of rotatable bonds is 3. The molecule has 1 aromatic rings. The molecule has 1 rings (SSSR count). The summed E-state index contributed by atoms with van der Waals surface area (Å²) in [4.78, 5) is 10.7. The van der Waals surface area contributed by atoms with Gasteiger partial charge >= 0.3 is 0 Å². The van der Waals surface area contributed by atoms with E-state index in [1.54, 1.807) is 17.8 Å². The minimum absolute atomic E-state index is 0.184. The monoisotopic (exact) mass is 231 g/mol. The molecule has 0 aliphatic carbocycles. The predicted molar refractivity (Wildman–Crippen MR) is 48.3 cm³/mol. The standard InChI is InChI=1S/C7H10BrN3O/c1-5(7(9)12)4-11-3-2-6(8)10-11/h2-3,5H,4H2,1H3,(H2,9,12). The van der Waals surface area contributed by atoms with E-state index in [9.17, 15) is 4.79 Å². The Hall–Kier alpha value is -0.840. The summed E-state index contributed by atoms with van der Waals surface area (Å²) in [6.07, 6.45) is 1.80. The highest BCUT2D eigenvalue weighted by atomic mass is 79.9. The molecule has 0 radical (unpaired) electrons. The van der Waals surface area contributed by atoms with Crippen molar-refractivity contribution in [2.75, 3.05) is 0 Å². The lowest BCUT2D eigenvalue weighted by atomic mass is 10.2. The number of aromatic nitrogens is 2. The van der Waals surface area contributed by atoms with Crippen molar-refractivity contribution in [3.05, 3.63) is 16.9 Å². The van der Waals surface area contributed by atoms with E-state index in [1.807, 2.05) is 6.07 Å². The molecule has 2 N–H and O–H groups in total. The Kier molecular flexibility index (Phi) is 2.86. The summed E-state index contributed by atoms with van der Waals surface area (Å²) in [6, 6.07) is 1.81. The minimum atomic E-state index is -0.304. The largest absolute Gasteiger partial charge is 0.369 e. The minimum Gasteiger partial charge on any atom is -0.369 e. The number of primary amides is 1. The predicted octanol–water partition coefficient (Wildman–Crippen LogP) is 0.767. The Bertz CT molecular complexity index is 284. The number of hydrogen-bond donors (Lipinski definition) is 1. The van der Waals surface area contributed by atoms with Gasteiger partial charge in [0.1, 0.15) is 4.60 Å². The summed E-state index contributed by atoms with van der Waals surface area (Å²) in [7, 11) is 0. The normalized spacial score (nSPS) is 12.8. The SMILES string of the molecule is CC(Cn1ccc(Br)n1)C(N)=O. The van der Waals surface area contributed by atoms with E-state index in [1.165, 1.54) is 0 Å². The molecule has 0 bridgehead atoms. The third kappa shape index (κ3) is 2.34. The Morgan fingerprint density at radius 2 is 2.58 bits per heavy atom. The van der Waals surface area contributed by atoms with Crippen LogP contribution < -0.4 is 5.73 Å². The quantitative estimate of drug-likeness (QED) is 0.836. The second-order valence-electron chi connectivity index (χ2n) is 2.66. The second kappa shape index (κ2) is 3.71. The first-order valence-corrected chi connectivity index (χ1v) is 4.37. The Morgan fingerprint density at radius 3 is 3.00 bits per heavy atom. The van der Waals surface area contributed by atoms with E-state index in [4.69, 9.17) is 5.73 Å². The van der Waals surface area contributed by atoms with Crippen molar-refractivity contribution >= 4 is 21.8 Å². The average Bonchev–Trinajstić information content (AvgIpc) is 2.35. The lowest BCUT2D eigenvalue weighted by molar-refractivity contribution is -0.121. The van der Waals surface area contributed by atoms with Gasteiger partial charge in [-0.1, -0.05) is 6.92 Å². The maximum atomic E-state index is 10.7. The molecule has 0 aromatic carbocycles. The highest BCUT2D eigenvalue weighted by Gasteiger charge is 2.09. The van der Waals surface area contributed by atoms with E-state index in [2.05, 4.69) is 21.0 Å². The summed E-state index contributed by atoms with van der Waals surface area (Å²) >= 11 is 3.21. The molecule has 0 spiro atoms. The highest BCUT2D eigenvalue weighted by Crippen LogP contribution is 2.06. The van der Waals surface area contributed by atoms with E-state index >= 15 is 0 Å². The summed E-state index contributed by atoms with van der Waals surface area (Å²) in [5.41, 5.74) is 5.10. The van der Waals surface area contributed by atoms with Crippen LogP contribution in [-0.4, -0.2) is 15.7 Å². The topological polar surface area (TPSA) is 60.9 Å². The van der Waals surface area contributed by atoms with Gasteiger partial charge in [0.2, 0.25) is 5.91 Å². The van der Waals surface area contributed by atoms with Crippen LogP contribution in [0.1, 0.15) is 6.92 Å². The van der Waals surface area contributed by atoms with Gasteiger partial charge in [-0.15, -0.1) is 0 Å². The molecule has 1 aromatic heterocycles. The molecule has 1 atom stereocenters. The van der Waals surface area contributed by atoms with Crippen molar-refractivity contribution in [1.82, 2.24) is 9.78 Å². The molecule has 1 heterocycles. The number of carbonyl (C=O) groups is 1. The van der Waals surface area contributed by atoms with Crippen molar-refractivity contribution in [2.45, 2.75) is 13.5 Å². The van der Waals surface area contributed by atoms with E-state index < -0.39 is 0 Å². The maximum Gasteiger partial charge on any atom is 0.222 e. The van der Waals surface area contributed by atoms with Crippen molar-refractivity contribution in [1.29, 1.82) is 0 Å². The summed E-state index contributed by atoms with van der Waals surface area (Å²) in [5, 5.41) is 4.06. The lowest BCUT2D eigenvalue weighted by Gasteiger charge is -2.05. The van der Waals surface area contributed by atoms with E-state index in [-0.39, 0.29) is 11.8 Å². The third-order valence-electron chi connectivity index (χ3n) is 1.55. The van der Waals surface area contributed by atoms with Crippen molar-refractivity contribution < 1.29 is 4.79 Å². The Labute approximate surface area is 78.9 Å². The molecule has 0 saturated carbocycles. The van der Waals surface area contributed by atoms with Crippen molar-refractivity contribution in [3.8, 4) is 0 Å². The molecular formula is C7H10BrN3O. The van der Waals surface area contributed by atoms with E-state index in [0.29, 0.717) is 6.54 Å². The van der Waals surface area contributed by atoms with Crippen LogP contribution in [0.25, 0.3) is 0 Å². The van der Waals surface area contributed by atoms with Crippen LogP contribution in [0.5, 0.6) is 0 Å². The van der Waals surface area contributed by atoms with Gasteiger partial charge in [0, 0.05) is 6.20 Å². The van der Waals surface area contributed by atoms with Crippen LogP contribution in [0.15, 0.2) is 16.9 Å². The summed E-state index contributed by atoms with van der Waals surface area (Å²) in [6.45, 7) is 2.30. The number of amides is 1. The zero-order valence-corrected chi connectivity index (χ0v) is 8.28. The lowest BCUT2D eigenvalue weighted by Crippen LogP contribution is -2.24. The number of hydrogen-bond acceptors (Lipinski definition) is 2. The van der Waals surface area contributed by atoms with Gasteiger partial charge in [-0.2, -0.15) is 5.10 Å². The smallest absolute Gasteiger partial charge is 0.222 e. The molecule has 1 amide bonds. The zero-order valence-electron chi connectivity index (χ0n) is 6.70.